The molecule has 0 amide bonds. The Labute approximate surface area is 142 Å². The molecule has 1 saturated heterocycles. The quantitative estimate of drug-likeness (QED) is 0.688. The molecule has 0 radical (unpaired) electrons. The predicted molar refractivity (Wildman–Crippen MR) is 93.4 cm³/mol. The van der Waals surface area contributed by atoms with E-state index in [1.54, 1.807) is 0 Å². The van der Waals surface area contributed by atoms with Crippen molar-refractivity contribution in [2.45, 2.75) is 70.2 Å². The van der Waals surface area contributed by atoms with E-state index in [2.05, 4.69) is 4.98 Å². The van der Waals surface area contributed by atoms with Gasteiger partial charge in [-0.2, -0.15) is 0 Å². The highest BCUT2D eigenvalue weighted by molar-refractivity contribution is 6.72. The number of hydrogen-bond acceptors (Lipinski definition) is 5. The number of nitrogens with zero attached hydrogens (tertiary/aromatic N) is 1. The molecule has 0 aromatic carbocycles. The molecular formula is C16H28N2O5Si. The summed E-state index contributed by atoms with van der Waals surface area (Å²) in [5.74, 6) is -0.340. The van der Waals surface area contributed by atoms with Crippen LogP contribution in [-0.4, -0.2) is 40.0 Å². The zero-order chi connectivity index (χ0) is 18.3. The van der Waals surface area contributed by atoms with Crippen LogP contribution in [-0.2, 0) is 4.74 Å². The summed E-state index contributed by atoms with van der Waals surface area (Å²) in [7, 11) is -2.48. The van der Waals surface area contributed by atoms with E-state index in [-0.39, 0.29) is 17.1 Å². The van der Waals surface area contributed by atoms with Gasteiger partial charge in [0.05, 0.1) is 12.2 Å². The van der Waals surface area contributed by atoms with Crippen LogP contribution in [0.4, 0.5) is 0 Å². The highest BCUT2D eigenvalue weighted by Crippen LogP contribution is 2.48. The molecule has 2 unspecified atom stereocenters. The van der Waals surface area contributed by atoms with Gasteiger partial charge in [-0.3, -0.25) is 14.3 Å². The van der Waals surface area contributed by atoms with Gasteiger partial charge in [-0.25, -0.2) is 4.79 Å². The zero-order valence-electron chi connectivity index (χ0n) is 14.9. The van der Waals surface area contributed by atoms with Crippen molar-refractivity contribution in [2.75, 3.05) is 0 Å². The van der Waals surface area contributed by atoms with Crippen LogP contribution in [0.25, 0.3) is 0 Å². The molecule has 24 heavy (non-hydrogen) atoms. The summed E-state index contributed by atoms with van der Waals surface area (Å²) in [6.45, 7) is 9.62. The lowest BCUT2D eigenvalue weighted by Crippen LogP contribution is -2.43. The second-order valence-corrected chi connectivity index (χ2v) is 12.3. The molecule has 7 nitrogen and oxygen atoms in total. The molecule has 0 spiro atoms. The van der Waals surface area contributed by atoms with Gasteiger partial charge in [-0.05, 0) is 31.0 Å². The third kappa shape index (κ3) is 3.56. The molecule has 1 fully saturated rings. The number of aliphatic hydroxyl groups is 1. The number of aliphatic hydroxyl groups excluding tert-OH is 1. The molecule has 8 heteroatoms. The van der Waals surface area contributed by atoms with Crippen molar-refractivity contribution >= 4 is 8.32 Å². The topological polar surface area (TPSA) is 105 Å². The van der Waals surface area contributed by atoms with Gasteiger partial charge in [0.15, 0.2) is 8.32 Å². The zero-order valence-corrected chi connectivity index (χ0v) is 15.9. The summed E-state index contributed by atoms with van der Waals surface area (Å²) >= 11 is 0. The molecule has 4 atom stereocenters. The number of aromatic amines is 1. The second-order valence-electron chi connectivity index (χ2n) is 7.79. The molecule has 2 rings (SSSR count). The van der Waals surface area contributed by atoms with Crippen molar-refractivity contribution in [1.29, 1.82) is 0 Å². The van der Waals surface area contributed by atoms with Gasteiger partial charge in [-0.15, -0.1) is 0 Å². The minimum absolute atomic E-state index is 0.340. The van der Waals surface area contributed by atoms with Gasteiger partial charge >= 0.3 is 5.69 Å². The van der Waals surface area contributed by atoms with Crippen molar-refractivity contribution < 1.29 is 14.6 Å². The standard InChI is InChI=1S/C16H28N2O5Si/c1-6-11-13(20)10(9-16(2,3)24(4,5)22)14(23-11)18-8-7-12(19)17-15(18)21/h7-8,10-11,13-14,20,22H,6,9H2,1-5H3,(H,17,19,21)/t10?,11-,13?,14-/m1/s1. The summed E-state index contributed by atoms with van der Waals surface area (Å²) < 4.78 is 7.25. The van der Waals surface area contributed by atoms with Crippen LogP contribution in [0.3, 0.4) is 0 Å². The first-order valence-electron chi connectivity index (χ1n) is 8.35. The third-order valence-electron chi connectivity index (χ3n) is 5.43. The normalized spacial score (nSPS) is 28.3. The Kier molecular flexibility index (Phi) is 5.24. The molecule has 1 aliphatic heterocycles. The first-order chi connectivity index (χ1) is 11.0. The first-order valence-corrected chi connectivity index (χ1v) is 11.3. The molecule has 136 valence electrons. The SMILES string of the molecule is CC[C@H]1O[C@@H](n2ccc(=O)[nH]c2=O)C(CC(C)(C)[Si](C)(C)O)C1O. The maximum Gasteiger partial charge on any atom is 0.330 e. The Morgan fingerprint density at radius 1 is 1.38 bits per heavy atom. The molecule has 2 heterocycles. The molecule has 0 saturated carbocycles. The van der Waals surface area contributed by atoms with E-state index in [9.17, 15) is 19.5 Å². The highest BCUT2D eigenvalue weighted by atomic mass is 28.4. The van der Waals surface area contributed by atoms with Crippen LogP contribution in [0.15, 0.2) is 21.9 Å². The van der Waals surface area contributed by atoms with E-state index in [1.165, 1.54) is 16.8 Å². The number of ether oxygens (including phenoxy) is 1. The lowest BCUT2D eigenvalue weighted by molar-refractivity contribution is -0.0267. The van der Waals surface area contributed by atoms with Gasteiger partial charge in [0.2, 0.25) is 0 Å². The average Bonchev–Trinajstić information content (AvgIpc) is 2.74. The molecular weight excluding hydrogens is 328 g/mol. The lowest BCUT2D eigenvalue weighted by Gasteiger charge is -2.38. The fourth-order valence-electron chi connectivity index (χ4n) is 3.10. The van der Waals surface area contributed by atoms with Crippen molar-refractivity contribution in [2.24, 2.45) is 5.92 Å². The van der Waals surface area contributed by atoms with Crippen LogP contribution in [0, 0.1) is 5.92 Å². The highest BCUT2D eigenvalue weighted by Gasteiger charge is 2.49. The monoisotopic (exact) mass is 356 g/mol. The van der Waals surface area contributed by atoms with E-state index in [4.69, 9.17) is 4.74 Å². The summed E-state index contributed by atoms with van der Waals surface area (Å²) in [4.78, 5) is 36.2. The summed E-state index contributed by atoms with van der Waals surface area (Å²) in [5, 5.41) is 10.3. The third-order valence-corrected chi connectivity index (χ3v) is 8.95. The largest absolute Gasteiger partial charge is 0.432 e. The smallest absolute Gasteiger partial charge is 0.330 e. The molecule has 0 bridgehead atoms. The van der Waals surface area contributed by atoms with Crippen molar-refractivity contribution in [3.63, 3.8) is 0 Å². The number of hydrogen-bond donors (Lipinski definition) is 3. The van der Waals surface area contributed by atoms with Crippen molar-refractivity contribution in [3.05, 3.63) is 33.1 Å². The minimum Gasteiger partial charge on any atom is -0.432 e. The fourth-order valence-corrected chi connectivity index (χ4v) is 3.84. The molecule has 3 N–H and O–H groups in total. The lowest BCUT2D eigenvalue weighted by atomic mass is 9.89. The van der Waals surface area contributed by atoms with Crippen LogP contribution in [0.1, 0.15) is 39.8 Å². The summed E-state index contributed by atoms with van der Waals surface area (Å²) in [5.41, 5.74) is -1.03. The number of rotatable bonds is 5. The van der Waals surface area contributed by atoms with Gasteiger partial charge in [0.25, 0.3) is 5.56 Å². The van der Waals surface area contributed by atoms with Gasteiger partial charge in [-0.1, -0.05) is 20.8 Å². The van der Waals surface area contributed by atoms with Crippen LogP contribution in [0.2, 0.25) is 18.1 Å². The molecule has 1 aromatic heterocycles. The summed E-state index contributed by atoms with van der Waals surface area (Å²) in [6, 6.07) is 1.27. The molecule has 1 aromatic rings. The summed E-state index contributed by atoms with van der Waals surface area (Å²) in [6.07, 6.45) is 0.777. The number of aromatic nitrogens is 2. The average molecular weight is 356 g/mol. The minimum atomic E-state index is -2.48. The predicted octanol–water partition coefficient (Wildman–Crippen LogP) is 1.19. The van der Waals surface area contributed by atoms with E-state index >= 15 is 0 Å². The Balaban J connectivity index is 2.41. The Bertz CT molecular complexity index is 691. The van der Waals surface area contributed by atoms with Crippen LogP contribution in [0.5, 0.6) is 0 Å². The van der Waals surface area contributed by atoms with Gasteiger partial charge < -0.3 is 14.6 Å². The second kappa shape index (κ2) is 6.59. The van der Waals surface area contributed by atoms with E-state index in [0.717, 1.165) is 0 Å². The van der Waals surface area contributed by atoms with Gasteiger partial charge in [0, 0.05) is 18.2 Å². The van der Waals surface area contributed by atoms with E-state index in [0.29, 0.717) is 12.8 Å². The number of nitrogens with one attached hydrogen (secondary N) is 1. The Hall–Kier alpha value is -1.22. The van der Waals surface area contributed by atoms with Crippen molar-refractivity contribution in [1.82, 2.24) is 9.55 Å². The van der Waals surface area contributed by atoms with E-state index in [1.807, 2.05) is 33.9 Å². The Morgan fingerprint density at radius 2 is 2.00 bits per heavy atom. The maximum absolute atomic E-state index is 12.1. The fraction of sp³-hybridized carbons (Fsp3) is 0.750. The maximum atomic E-state index is 12.1. The Morgan fingerprint density at radius 3 is 2.50 bits per heavy atom. The van der Waals surface area contributed by atoms with Gasteiger partial charge in [0.1, 0.15) is 6.23 Å². The van der Waals surface area contributed by atoms with Crippen LogP contribution < -0.4 is 11.2 Å². The number of H-pyrrole nitrogens is 1. The van der Waals surface area contributed by atoms with E-state index < -0.39 is 31.9 Å². The van der Waals surface area contributed by atoms with Crippen LogP contribution >= 0.6 is 0 Å². The van der Waals surface area contributed by atoms with Crippen molar-refractivity contribution in [3.8, 4) is 0 Å². The molecule has 1 aliphatic rings. The molecule has 0 aliphatic carbocycles. The first kappa shape index (κ1) is 19.1.